The lowest BCUT2D eigenvalue weighted by Gasteiger charge is -2.44. The second-order valence-electron chi connectivity index (χ2n) is 8.67. The first kappa shape index (κ1) is 23.9. The first-order valence-corrected chi connectivity index (χ1v) is 10.1. The SMILES string of the molecule is CCOC(C)(C)OC(=O)C1(C)CCCC(CC)(C(=O)OC(C)(C)OCC)C1. The largest absolute Gasteiger partial charge is 0.433 e. The Kier molecular flexibility index (Phi) is 7.88. The van der Waals surface area contributed by atoms with Crippen LogP contribution in [0.25, 0.3) is 0 Å². The van der Waals surface area contributed by atoms with Gasteiger partial charge in [0.2, 0.25) is 11.6 Å². The van der Waals surface area contributed by atoms with Crippen molar-refractivity contribution in [3.8, 4) is 0 Å². The molecule has 27 heavy (non-hydrogen) atoms. The van der Waals surface area contributed by atoms with E-state index in [0.29, 0.717) is 38.9 Å². The Labute approximate surface area is 164 Å². The molecule has 0 amide bonds. The van der Waals surface area contributed by atoms with Crippen LogP contribution >= 0.6 is 0 Å². The van der Waals surface area contributed by atoms with E-state index in [1.54, 1.807) is 27.7 Å². The summed E-state index contributed by atoms with van der Waals surface area (Å²) >= 11 is 0. The van der Waals surface area contributed by atoms with Crippen LogP contribution in [-0.4, -0.2) is 36.7 Å². The van der Waals surface area contributed by atoms with Gasteiger partial charge < -0.3 is 18.9 Å². The van der Waals surface area contributed by atoms with Gasteiger partial charge in [-0.15, -0.1) is 0 Å². The summed E-state index contributed by atoms with van der Waals surface area (Å²) in [6, 6.07) is 0. The highest BCUT2D eigenvalue weighted by Crippen LogP contribution is 2.50. The normalized spacial score (nSPS) is 26.5. The molecule has 0 heterocycles. The van der Waals surface area contributed by atoms with Crippen LogP contribution in [0.2, 0.25) is 0 Å². The third-order valence-electron chi connectivity index (χ3n) is 5.38. The predicted molar refractivity (Wildman–Crippen MR) is 103 cm³/mol. The van der Waals surface area contributed by atoms with Gasteiger partial charge in [-0.1, -0.05) is 13.3 Å². The van der Waals surface area contributed by atoms with E-state index in [4.69, 9.17) is 18.9 Å². The van der Waals surface area contributed by atoms with Crippen molar-refractivity contribution in [2.45, 2.75) is 99.1 Å². The van der Waals surface area contributed by atoms with Crippen LogP contribution in [0.4, 0.5) is 0 Å². The van der Waals surface area contributed by atoms with E-state index in [2.05, 4.69) is 0 Å². The van der Waals surface area contributed by atoms with Gasteiger partial charge in [0.15, 0.2) is 0 Å². The molecule has 0 N–H and O–H groups in total. The minimum atomic E-state index is -0.987. The molecule has 0 radical (unpaired) electrons. The zero-order chi connectivity index (χ0) is 20.9. The van der Waals surface area contributed by atoms with Crippen molar-refractivity contribution in [1.82, 2.24) is 0 Å². The molecular formula is C21H38O6. The van der Waals surface area contributed by atoms with Gasteiger partial charge in [0.25, 0.3) is 0 Å². The van der Waals surface area contributed by atoms with Gasteiger partial charge in [0.05, 0.1) is 10.8 Å². The van der Waals surface area contributed by atoms with Crippen LogP contribution in [0.5, 0.6) is 0 Å². The third kappa shape index (κ3) is 6.18. The Morgan fingerprint density at radius 1 is 0.852 bits per heavy atom. The van der Waals surface area contributed by atoms with Gasteiger partial charge in [-0.25, -0.2) is 0 Å². The molecule has 1 rings (SSSR count). The Morgan fingerprint density at radius 3 is 1.78 bits per heavy atom. The average Bonchev–Trinajstić information content (AvgIpc) is 2.53. The summed E-state index contributed by atoms with van der Waals surface area (Å²) in [5.41, 5.74) is -1.46. The lowest BCUT2D eigenvalue weighted by Crippen LogP contribution is -2.49. The molecule has 6 heteroatoms. The smallest absolute Gasteiger partial charge is 0.314 e. The fourth-order valence-corrected chi connectivity index (χ4v) is 3.97. The molecule has 1 saturated carbocycles. The number of hydrogen-bond donors (Lipinski definition) is 0. The molecular weight excluding hydrogens is 348 g/mol. The molecule has 1 fully saturated rings. The van der Waals surface area contributed by atoms with Crippen LogP contribution in [0, 0.1) is 10.8 Å². The van der Waals surface area contributed by atoms with Crippen LogP contribution in [0.15, 0.2) is 0 Å². The molecule has 1 aliphatic rings. The van der Waals surface area contributed by atoms with Crippen LogP contribution in [-0.2, 0) is 28.5 Å². The average molecular weight is 387 g/mol. The van der Waals surface area contributed by atoms with E-state index in [9.17, 15) is 9.59 Å². The first-order valence-electron chi connectivity index (χ1n) is 10.1. The van der Waals surface area contributed by atoms with E-state index in [0.717, 1.165) is 6.42 Å². The highest BCUT2D eigenvalue weighted by Gasteiger charge is 2.52. The zero-order valence-electron chi connectivity index (χ0n) is 18.4. The molecule has 0 aromatic rings. The molecule has 2 unspecified atom stereocenters. The van der Waals surface area contributed by atoms with Crippen molar-refractivity contribution in [2.24, 2.45) is 10.8 Å². The number of carbonyl (C=O) groups excluding carboxylic acids is 2. The summed E-state index contributed by atoms with van der Waals surface area (Å²) in [6.07, 6.45) is 3.14. The van der Waals surface area contributed by atoms with Crippen molar-refractivity contribution >= 4 is 11.9 Å². The molecule has 0 saturated heterocycles. The molecule has 158 valence electrons. The summed E-state index contributed by atoms with van der Waals surface area (Å²) in [7, 11) is 0. The number of rotatable bonds is 9. The summed E-state index contributed by atoms with van der Waals surface area (Å²) in [4.78, 5) is 26.0. The highest BCUT2D eigenvalue weighted by molar-refractivity contribution is 5.81. The predicted octanol–water partition coefficient (Wildman–Crippen LogP) is 4.59. The fraction of sp³-hybridized carbons (Fsp3) is 0.905. The molecule has 2 atom stereocenters. The van der Waals surface area contributed by atoms with Gasteiger partial charge in [-0.05, 0) is 46.5 Å². The first-order chi connectivity index (χ1) is 12.4. The second kappa shape index (κ2) is 8.91. The molecule has 0 aromatic heterocycles. The molecule has 0 bridgehead atoms. The number of hydrogen-bond acceptors (Lipinski definition) is 6. The monoisotopic (exact) mass is 386 g/mol. The fourth-order valence-electron chi connectivity index (χ4n) is 3.97. The van der Waals surface area contributed by atoms with E-state index in [1.165, 1.54) is 0 Å². The van der Waals surface area contributed by atoms with Gasteiger partial charge in [0.1, 0.15) is 0 Å². The zero-order valence-corrected chi connectivity index (χ0v) is 18.4. The maximum Gasteiger partial charge on any atom is 0.314 e. The topological polar surface area (TPSA) is 71.1 Å². The quantitative estimate of drug-likeness (QED) is 0.426. The maximum absolute atomic E-state index is 13.1. The summed E-state index contributed by atoms with van der Waals surface area (Å²) in [5, 5.41) is 0. The molecule has 6 nitrogen and oxygen atoms in total. The van der Waals surface area contributed by atoms with E-state index in [1.807, 2.05) is 27.7 Å². The van der Waals surface area contributed by atoms with E-state index < -0.39 is 22.4 Å². The Hall–Kier alpha value is -1.14. The van der Waals surface area contributed by atoms with Crippen molar-refractivity contribution < 1.29 is 28.5 Å². The van der Waals surface area contributed by atoms with Crippen molar-refractivity contribution in [3.05, 3.63) is 0 Å². The van der Waals surface area contributed by atoms with Gasteiger partial charge >= 0.3 is 11.9 Å². The molecule has 0 aromatic carbocycles. The maximum atomic E-state index is 13.1. The number of carbonyl (C=O) groups is 2. The lowest BCUT2D eigenvalue weighted by atomic mass is 9.61. The molecule has 0 aliphatic heterocycles. The Balaban J connectivity index is 2.99. The number of esters is 2. The Bertz CT molecular complexity index is 527. The minimum Gasteiger partial charge on any atom is -0.433 e. The van der Waals surface area contributed by atoms with Crippen LogP contribution in [0.1, 0.15) is 87.5 Å². The van der Waals surface area contributed by atoms with Gasteiger partial charge in [-0.3, -0.25) is 9.59 Å². The second-order valence-corrected chi connectivity index (χ2v) is 8.67. The summed E-state index contributed by atoms with van der Waals surface area (Å²) < 4.78 is 22.4. The third-order valence-corrected chi connectivity index (χ3v) is 5.38. The van der Waals surface area contributed by atoms with Crippen LogP contribution in [0.3, 0.4) is 0 Å². The van der Waals surface area contributed by atoms with Crippen LogP contribution < -0.4 is 0 Å². The minimum absolute atomic E-state index is 0.300. The lowest BCUT2D eigenvalue weighted by molar-refractivity contribution is -0.232. The van der Waals surface area contributed by atoms with E-state index >= 15 is 0 Å². The highest BCUT2D eigenvalue weighted by atomic mass is 16.7. The summed E-state index contributed by atoms with van der Waals surface area (Å²) in [6.45, 7) is 15.4. The van der Waals surface area contributed by atoms with Crippen molar-refractivity contribution in [2.75, 3.05) is 13.2 Å². The Morgan fingerprint density at radius 2 is 1.33 bits per heavy atom. The van der Waals surface area contributed by atoms with Gasteiger partial charge in [-0.2, -0.15) is 0 Å². The molecule has 0 spiro atoms. The van der Waals surface area contributed by atoms with Crippen molar-refractivity contribution in [3.63, 3.8) is 0 Å². The van der Waals surface area contributed by atoms with Gasteiger partial charge in [0, 0.05) is 40.9 Å². The standard InChI is InChI=1S/C21H38O6/c1-9-21(17(23)27-19(6,7)25-11-3)14-12-13-20(8,15-21)16(22)26-18(4,5)24-10-2/h9-15H2,1-8H3. The van der Waals surface area contributed by atoms with Crippen molar-refractivity contribution in [1.29, 1.82) is 0 Å². The van der Waals surface area contributed by atoms with E-state index in [-0.39, 0.29) is 11.9 Å². The number of ether oxygens (including phenoxy) is 4. The molecule has 1 aliphatic carbocycles. The summed E-state index contributed by atoms with van der Waals surface area (Å²) in [5.74, 6) is -2.60.